The Balaban J connectivity index is 2.00. The van der Waals surface area contributed by atoms with Gasteiger partial charge in [0, 0.05) is 17.3 Å². The lowest BCUT2D eigenvalue weighted by molar-refractivity contribution is -0.120. The van der Waals surface area contributed by atoms with Crippen LogP contribution in [0.1, 0.15) is 10.4 Å². The highest BCUT2D eigenvalue weighted by molar-refractivity contribution is 5.95. The minimum Gasteiger partial charge on any atom is -0.379 e. The van der Waals surface area contributed by atoms with E-state index in [0.717, 1.165) is 0 Å². The van der Waals surface area contributed by atoms with Crippen molar-refractivity contribution in [1.82, 2.24) is 5.32 Å². The number of ether oxygens (including phenoxy) is 1. The van der Waals surface area contributed by atoms with Gasteiger partial charge >= 0.3 is 0 Å². The molecule has 1 aromatic rings. The number of carbonyl (C=O) groups is 2. The van der Waals surface area contributed by atoms with Gasteiger partial charge in [0.1, 0.15) is 0 Å². The Morgan fingerprint density at radius 2 is 1.95 bits per heavy atom. The second-order valence-corrected chi connectivity index (χ2v) is 4.47. The maximum atomic E-state index is 12.1. The predicted molar refractivity (Wildman–Crippen MR) is 70.7 cm³/mol. The third kappa shape index (κ3) is 3.10. The van der Waals surface area contributed by atoms with Gasteiger partial charge in [-0.25, -0.2) is 0 Å². The number of amides is 2. The van der Waals surface area contributed by atoms with Crippen LogP contribution < -0.4 is 16.4 Å². The zero-order valence-electron chi connectivity index (χ0n) is 10.7. The summed E-state index contributed by atoms with van der Waals surface area (Å²) in [5.41, 5.74) is 6.20. The third-order valence-corrected chi connectivity index (χ3v) is 3.23. The molecule has 1 heterocycles. The van der Waals surface area contributed by atoms with Crippen LogP contribution in [-0.4, -0.2) is 38.1 Å². The fourth-order valence-electron chi connectivity index (χ4n) is 2.05. The van der Waals surface area contributed by atoms with Crippen molar-refractivity contribution in [2.24, 2.45) is 11.7 Å². The van der Waals surface area contributed by atoms with E-state index in [0.29, 0.717) is 24.5 Å². The van der Waals surface area contributed by atoms with Crippen LogP contribution in [0, 0.1) is 5.92 Å². The molecule has 0 bridgehead atoms. The van der Waals surface area contributed by atoms with Crippen molar-refractivity contribution in [1.29, 1.82) is 0 Å². The van der Waals surface area contributed by atoms with E-state index in [1.54, 1.807) is 31.3 Å². The van der Waals surface area contributed by atoms with E-state index in [-0.39, 0.29) is 17.9 Å². The monoisotopic (exact) mass is 263 g/mol. The van der Waals surface area contributed by atoms with Gasteiger partial charge in [0.15, 0.2) is 0 Å². The summed E-state index contributed by atoms with van der Waals surface area (Å²) in [4.78, 5) is 23.0. The molecular weight excluding hydrogens is 246 g/mol. The molecule has 6 heteroatoms. The van der Waals surface area contributed by atoms with Crippen LogP contribution in [0.4, 0.5) is 5.69 Å². The molecule has 2 atom stereocenters. The number of nitrogens with one attached hydrogen (secondary N) is 2. The van der Waals surface area contributed by atoms with Gasteiger partial charge in [-0.2, -0.15) is 0 Å². The van der Waals surface area contributed by atoms with Crippen molar-refractivity contribution in [3.8, 4) is 0 Å². The molecule has 0 aliphatic carbocycles. The standard InChI is InChI=1S/C13H17N3O3/c1-15-11-7-19-6-10(11)13(18)16-9-4-2-8(3-5-9)12(14)17/h2-5,10-11,15H,6-7H2,1H3,(H2,14,17)(H,16,18). The van der Waals surface area contributed by atoms with E-state index in [9.17, 15) is 9.59 Å². The van der Waals surface area contributed by atoms with Gasteiger partial charge in [-0.1, -0.05) is 0 Å². The number of rotatable bonds is 4. The van der Waals surface area contributed by atoms with E-state index < -0.39 is 5.91 Å². The number of likely N-dealkylation sites (N-methyl/N-ethyl adjacent to an activating group) is 1. The molecule has 1 saturated heterocycles. The zero-order valence-corrected chi connectivity index (χ0v) is 10.7. The van der Waals surface area contributed by atoms with Crippen LogP contribution in [0.25, 0.3) is 0 Å². The first-order valence-corrected chi connectivity index (χ1v) is 6.07. The van der Waals surface area contributed by atoms with Crippen molar-refractivity contribution in [3.05, 3.63) is 29.8 Å². The Hall–Kier alpha value is -1.92. The summed E-state index contributed by atoms with van der Waals surface area (Å²) < 4.78 is 5.29. The molecule has 2 amide bonds. The number of benzene rings is 1. The molecule has 0 saturated carbocycles. The number of primary amides is 1. The fourth-order valence-corrected chi connectivity index (χ4v) is 2.05. The molecule has 0 aromatic heterocycles. The molecule has 4 N–H and O–H groups in total. The first-order chi connectivity index (χ1) is 9.11. The van der Waals surface area contributed by atoms with Crippen LogP contribution in [0.2, 0.25) is 0 Å². The summed E-state index contributed by atoms with van der Waals surface area (Å²) in [6.07, 6.45) is 0. The average molecular weight is 263 g/mol. The zero-order chi connectivity index (χ0) is 13.8. The van der Waals surface area contributed by atoms with E-state index in [1.165, 1.54) is 0 Å². The summed E-state index contributed by atoms with van der Waals surface area (Å²) in [6.45, 7) is 0.950. The molecular formula is C13H17N3O3. The van der Waals surface area contributed by atoms with Gasteiger partial charge in [0.05, 0.1) is 19.1 Å². The van der Waals surface area contributed by atoms with Crippen molar-refractivity contribution in [2.45, 2.75) is 6.04 Å². The molecule has 1 aromatic carbocycles. The lowest BCUT2D eigenvalue weighted by atomic mass is 10.0. The molecule has 0 spiro atoms. The highest BCUT2D eigenvalue weighted by Gasteiger charge is 2.32. The number of hydrogen-bond acceptors (Lipinski definition) is 4. The Bertz CT molecular complexity index is 473. The van der Waals surface area contributed by atoms with Crippen molar-refractivity contribution < 1.29 is 14.3 Å². The normalized spacial score (nSPS) is 22.2. The first kappa shape index (κ1) is 13.5. The van der Waals surface area contributed by atoms with E-state index in [1.807, 2.05) is 0 Å². The maximum Gasteiger partial charge on any atom is 0.248 e. The van der Waals surface area contributed by atoms with Gasteiger partial charge in [-0.3, -0.25) is 9.59 Å². The molecule has 1 aliphatic heterocycles. The van der Waals surface area contributed by atoms with Gasteiger partial charge < -0.3 is 21.1 Å². The summed E-state index contributed by atoms with van der Waals surface area (Å²) in [6, 6.07) is 6.51. The molecule has 2 rings (SSSR count). The predicted octanol–water partition coefficient (Wildman–Crippen LogP) is -0.0416. The van der Waals surface area contributed by atoms with Crippen molar-refractivity contribution >= 4 is 17.5 Å². The minimum atomic E-state index is -0.489. The number of nitrogens with two attached hydrogens (primary N) is 1. The molecule has 19 heavy (non-hydrogen) atoms. The number of hydrogen-bond donors (Lipinski definition) is 3. The lowest BCUT2D eigenvalue weighted by Gasteiger charge is -2.16. The SMILES string of the molecule is CNC1COCC1C(=O)Nc1ccc(C(N)=O)cc1. The summed E-state index contributed by atoms with van der Waals surface area (Å²) in [5.74, 6) is -0.790. The second kappa shape index (κ2) is 5.81. The van der Waals surface area contributed by atoms with Crippen LogP contribution in [0.5, 0.6) is 0 Å². The second-order valence-electron chi connectivity index (χ2n) is 4.47. The Labute approximate surface area is 111 Å². The third-order valence-electron chi connectivity index (χ3n) is 3.23. The van der Waals surface area contributed by atoms with E-state index >= 15 is 0 Å². The molecule has 1 fully saturated rings. The van der Waals surface area contributed by atoms with Crippen LogP contribution >= 0.6 is 0 Å². The van der Waals surface area contributed by atoms with E-state index in [2.05, 4.69) is 10.6 Å². The minimum absolute atomic E-state index is 0.0323. The Morgan fingerprint density at radius 1 is 1.26 bits per heavy atom. The van der Waals surface area contributed by atoms with Gasteiger partial charge in [-0.05, 0) is 31.3 Å². The smallest absolute Gasteiger partial charge is 0.248 e. The van der Waals surface area contributed by atoms with Crippen molar-refractivity contribution in [2.75, 3.05) is 25.6 Å². The molecule has 2 unspecified atom stereocenters. The topological polar surface area (TPSA) is 93.4 Å². The quantitative estimate of drug-likeness (QED) is 0.710. The van der Waals surface area contributed by atoms with Crippen molar-refractivity contribution in [3.63, 3.8) is 0 Å². The first-order valence-electron chi connectivity index (χ1n) is 6.07. The molecule has 1 aliphatic rings. The summed E-state index contributed by atoms with van der Waals surface area (Å²) in [5, 5.41) is 5.86. The largest absolute Gasteiger partial charge is 0.379 e. The Morgan fingerprint density at radius 3 is 2.53 bits per heavy atom. The van der Waals surface area contributed by atoms with Crippen LogP contribution in [0.3, 0.4) is 0 Å². The summed E-state index contributed by atoms with van der Waals surface area (Å²) in [7, 11) is 1.81. The fraction of sp³-hybridized carbons (Fsp3) is 0.385. The number of carbonyl (C=O) groups excluding carboxylic acids is 2. The van der Waals surface area contributed by atoms with Gasteiger partial charge in [0.25, 0.3) is 0 Å². The van der Waals surface area contributed by atoms with Crippen LogP contribution in [-0.2, 0) is 9.53 Å². The van der Waals surface area contributed by atoms with Gasteiger partial charge in [0.2, 0.25) is 11.8 Å². The highest BCUT2D eigenvalue weighted by atomic mass is 16.5. The molecule has 0 radical (unpaired) electrons. The molecule has 102 valence electrons. The lowest BCUT2D eigenvalue weighted by Crippen LogP contribution is -2.39. The average Bonchev–Trinajstić information content (AvgIpc) is 2.87. The van der Waals surface area contributed by atoms with Crippen LogP contribution in [0.15, 0.2) is 24.3 Å². The highest BCUT2D eigenvalue weighted by Crippen LogP contribution is 2.17. The number of anilines is 1. The van der Waals surface area contributed by atoms with Gasteiger partial charge in [-0.15, -0.1) is 0 Å². The van der Waals surface area contributed by atoms with E-state index in [4.69, 9.17) is 10.5 Å². The summed E-state index contributed by atoms with van der Waals surface area (Å²) >= 11 is 0. The molecule has 6 nitrogen and oxygen atoms in total. The maximum absolute atomic E-state index is 12.1. The Kier molecular flexibility index (Phi) is 4.13.